The summed E-state index contributed by atoms with van der Waals surface area (Å²) in [6, 6.07) is 12.2. The molecule has 45 heavy (non-hydrogen) atoms. The molecule has 0 saturated heterocycles. The van der Waals surface area contributed by atoms with Gasteiger partial charge in [-0.1, -0.05) is 35.3 Å². The van der Waals surface area contributed by atoms with Crippen LogP contribution in [0.3, 0.4) is 0 Å². The van der Waals surface area contributed by atoms with Gasteiger partial charge >= 0.3 is 0 Å². The van der Waals surface area contributed by atoms with Gasteiger partial charge in [-0.2, -0.15) is 0 Å². The average molecular weight is 666 g/mol. The summed E-state index contributed by atoms with van der Waals surface area (Å²) in [4.78, 5) is 32.1. The van der Waals surface area contributed by atoms with Gasteiger partial charge in [-0.15, -0.1) is 0 Å². The van der Waals surface area contributed by atoms with E-state index < -0.39 is 36.6 Å². The van der Waals surface area contributed by atoms with Crippen LogP contribution in [0.4, 0.5) is 11.4 Å². The average Bonchev–Trinajstić information content (AvgIpc) is 3.98. The SMILES string of the molecule is CN(C[C@H](O)[C@@H](O)[C@H](O)[C@H](O)CO)C(=O)CCc1cc(Cl)c(CNC2(C(=O)N3CCN(C4CC4)c4ccccc43)CC2)cc1Cl. The number of aliphatic hydroxyl groups is 5. The quantitative estimate of drug-likeness (QED) is 0.176. The van der Waals surface area contributed by atoms with E-state index >= 15 is 0 Å². The third kappa shape index (κ3) is 7.58. The van der Waals surface area contributed by atoms with Crippen LogP contribution in [0.2, 0.25) is 10.0 Å². The van der Waals surface area contributed by atoms with E-state index in [1.54, 1.807) is 12.1 Å². The molecule has 2 saturated carbocycles. The van der Waals surface area contributed by atoms with E-state index in [0.29, 0.717) is 34.7 Å². The number of benzene rings is 2. The summed E-state index contributed by atoms with van der Waals surface area (Å²) < 4.78 is 0. The van der Waals surface area contributed by atoms with Gasteiger partial charge in [-0.3, -0.25) is 14.9 Å². The normalized spacial score (nSPS) is 19.8. The smallest absolute Gasteiger partial charge is 0.247 e. The van der Waals surface area contributed by atoms with Gasteiger partial charge in [-0.05, 0) is 67.5 Å². The standard InChI is InChI=1S/C32H42Cl2N4O7/c1-36(17-26(40)29(43)30(44)27(41)18-39)28(42)9-6-19-14-23(34)20(15-22(19)33)16-35-32(10-11-32)31(45)38-13-12-37(21-7-8-21)24-4-2-3-5-25(24)38/h2-5,14-15,21,26-27,29-30,35,39-41,43-44H,6-13,16-18H2,1H3/t26-,27+,29+,30+/m0/s1. The summed E-state index contributed by atoms with van der Waals surface area (Å²) in [5.74, 6) is -0.270. The van der Waals surface area contributed by atoms with Crippen LogP contribution in [0.5, 0.6) is 0 Å². The highest BCUT2D eigenvalue weighted by molar-refractivity contribution is 6.34. The highest BCUT2D eigenvalue weighted by atomic mass is 35.5. The number of hydrogen-bond donors (Lipinski definition) is 6. The van der Waals surface area contributed by atoms with E-state index in [2.05, 4.69) is 16.3 Å². The molecule has 2 aromatic carbocycles. The number of para-hydroxylation sites is 2. The number of carbonyl (C=O) groups is 2. The zero-order chi connectivity index (χ0) is 32.5. The van der Waals surface area contributed by atoms with Gasteiger partial charge in [0.1, 0.15) is 24.4 Å². The predicted molar refractivity (Wildman–Crippen MR) is 172 cm³/mol. The molecule has 2 fully saturated rings. The van der Waals surface area contributed by atoms with Crippen LogP contribution in [0.15, 0.2) is 36.4 Å². The van der Waals surface area contributed by atoms with Crippen molar-refractivity contribution in [2.45, 2.75) is 81.1 Å². The lowest BCUT2D eigenvalue weighted by Crippen LogP contribution is -2.53. The fourth-order valence-corrected chi connectivity index (χ4v) is 6.45. The van der Waals surface area contributed by atoms with Crippen molar-refractivity contribution in [3.8, 4) is 0 Å². The number of nitrogens with one attached hydrogen (secondary N) is 1. The van der Waals surface area contributed by atoms with E-state index in [-0.39, 0.29) is 31.2 Å². The van der Waals surface area contributed by atoms with Crippen LogP contribution in [-0.2, 0) is 22.6 Å². The Balaban J connectivity index is 1.15. The highest BCUT2D eigenvalue weighted by Gasteiger charge is 2.52. The summed E-state index contributed by atoms with van der Waals surface area (Å²) in [5, 5.41) is 52.8. The number of rotatable bonds is 14. The number of anilines is 2. The molecule has 0 unspecified atom stereocenters. The zero-order valence-electron chi connectivity index (χ0n) is 25.3. The molecule has 2 aliphatic carbocycles. The van der Waals surface area contributed by atoms with Crippen molar-refractivity contribution in [3.63, 3.8) is 0 Å². The first kappa shape index (κ1) is 33.9. The summed E-state index contributed by atoms with van der Waals surface area (Å²) in [5.41, 5.74) is 2.84. The minimum Gasteiger partial charge on any atom is -0.394 e. The molecule has 6 N–H and O–H groups in total. The van der Waals surface area contributed by atoms with Crippen LogP contribution in [-0.4, -0.2) is 112 Å². The maximum Gasteiger partial charge on any atom is 0.247 e. The molecule has 11 nitrogen and oxygen atoms in total. The molecule has 13 heteroatoms. The van der Waals surface area contributed by atoms with Crippen LogP contribution in [0, 0.1) is 0 Å². The van der Waals surface area contributed by atoms with Crippen molar-refractivity contribution >= 4 is 46.4 Å². The van der Waals surface area contributed by atoms with E-state index in [1.807, 2.05) is 23.1 Å². The van der Waals surface area contributed by atoms with Crippen molar-refractivity contribution in [1.82, 2.24) is 10.2 Å². The van der Waals surface area contributed by atoms with Gasteiger partial charge in [0.2, 0.25) is 11.8 Å². The number of aryl methyl sites for hydroxylation is 1. The maximum atomic E-state index is 13.8. The Kier molecular flexibility index (Phi) is 10.6. The van der Waals surface area contributed by atoms with Crippen LogP contribution >= 0.6 is 23.2 Å². The van der Waals surface area contributed by atoms with Gasteiger partial charge in [0.05, 0.1) is 23.5 Å². The molecular weight excluding hydrogens is 623 g/mol. The molecule has 1 heterocycles. The summed E-state index contributed by atoms with van der Waals surface area (Å²) in [6.45, 7) is 0.748. The van der Waals surface area contributed by atoms with Crippen LogP contribution in [0.25, 0.3) is 0 Å². The molecule has 2 aromatic rings. The van der Waals surface area contributed by atoms with E-state index in [0.717, 1.165) is 36.3 Å². The molecule has 1 aliphatic heterocycles. The number of nitrogens with zero attached hydrogens (tertiary/aromatic N) is 3. The van der Waals surface area contributed by atoms with Crippen molar-refractivity contribution in [2.24, 2.45) is 0 Å². The van der Waals surface area contributed by atoms with Gasteiger partial charge in [0, 0.05) is 55.7 Å². The fraction of sp³-hybridized carbons (Fsp3) is 0.562. The lowest BCUT2D eigenvalue weighted by Gasteiger charge is -2.39. The second-order valence-corrected chi connectivity index (χ2v) is 13.2. The monoisotopic (exact) mass is 664 g/mol. The second-order valence-electron chi connectivity index (χ2n) is 12.4. The van der Waals surface area contributed by atoms with Crippen LogP contribution in [0.1, 0.15) is 43.2 Å². The maximum absolute atomic E-state index is 13.8. The van der Waals surface area contributed by atoms with Crippen molar-refractivity contribution in [1.29, 1.82) is 0 Å². The lowest BCUT2D eigenvalue weighted by atomic mass is 10.0. The molecule has 0 spiro atoms. The Hall–Kier alpha value is -2.48. The zero-order valence-corrected chi connectivity index (χ0v) is 26.8. The van der Waals surface area contributed by atoms with Crippen LogP contribution < -0.4 is 15.1 Å². The molecule has 246 valence electrons. The van der Waals surface area contributed by atoms with E-state index in [4.69, 9.17) is 28.3 Å². The number of amides is 2. The second kappa shape index (κ2) is 14.1. The Morgan fingerprint density at radius 1 is 0.978 bits per heavy atom. The fourth-order valence-electron chi connectivity index (χ4n) is 5.92. The van der Waals surface area contributed by atoms with Crippen molar-refractivity contribution in [3.05, 3.63) is 57.6 Å². The molecule has 0 aromatic heterocycles. The largest absolute Gasteiger partial charge is 0.394 e. The minimum absolute atomic E-state index is 0.0435. The molecule has 2 amide bonds. The first-order valence-electron chi connectivity index (χ1n) is 15.4. The molecular formula is C32H42Cl2N4O7. The molecule has 0 radical (unpaired) electrons. The van der Waals surface area contributed by atoms with Gasteiger partial charge in [0.15, 0.2) is 0 Å². The van der Waals surface area contributed by atoms with E-state index in [9.17, 15) is 30.0 Å². The molecule has 0 bridgehead atoms. The Morgan fingerprint density at radius 2 is 1.60 bits per heavy atom. The first-order chi connectivity index (χ1) is 21.5. The lowest BCUT2D eigenvalue weighted by molar-refractivity contribution is -0.137. The summed E-state index contributed by atoms with van der Waals surface area (Å²) >= 11 is 13.2. The van der Waals surface area contributed by atoms with Gasteiger partial charge in [0.25, 0.3) is 0 Å². The van der Waals surface area contributed by atoms with Crippen molar-refractivity contribution < 1.29 is 35.1 Å². The highest BCUT2D eigenvalue weighted by Crippen LogP contribution is 2.44. The third-order valence-corrected chi connectivity index (χ3v) is 9.80. The number of fused-ring (bicyclic) bond motifs is 1. The van der Waals surface area contributed by atoms with Gasteiger partial charge in [-0.25, -0.2) is 0 Å². The third-order valence-electron chi connectivity index (χ3n) is 9.09. The number of likely N-dealkylation sites (N-methyl/N-ethyl adjacent to an activating group) is 1. The Labute approximate surface area is 272 Å². The minimum atomic E-state index is -1.77. The molecule has 5 rings (SSSR count). The topological polar surface area (TPSA) is 157 Å². The molecule has 3 aliphatic rings. The predicted octanol–water partition coefficient (Wildman–Crippen LogP) is 1.46. The van der Waals surface area contributed by atoms with Crippen molar-refractivity contribution in [2.75, 3.05) is 43.1 Å². The van der Waals surface area contributed by atoms with Gasteiger partial charge < -0.3 is 40.2 Å². The Morgan fingerprint density at radius 3 is 2.24 bits per heavy atom. The molecule has 4 atom stereocenters. The number of carbonyl (C=O) groups excluding carboxylic acids is 2. The number of hydrogen-bond acceptors (Lipinski definition) is 9. The number of halogens is 2. The summed E-state index contributed by atoms with van der Waals surface area (Å²) in [7, 11) is 1.44. The summed E-state index contributed by atoms with van der Waals surface area (Å²) in [6.07, 6.45) is -2.50. The van der Waals surface area contributed by atoms with E-state index in [1.165, 1.54) is 24.8 Å². The first-order valence-corrected chi connectivity index (χ1v) is 16.2. The number of aliphatic hydroxyl groups excluding tert-OH is 5. The Bertz CT molecular complexity index is 1390.